The molecule has 0 spiro atoms. The zero-order chi connectivity index (χ0) is 20.6. The first-order valence-electron chi connectivity index (χ1n) is 9.45. The average Bonchev–Trinajstić information content (AvgIpc) is 3.24. The lowest BCUT2D eigenvalue weighted by atomic mass is 10.1. The van der Waals surface area contributed by atoms with Gasteiger partial charge in [0.2, 0.25) is 5.91 Å². The molecule has 0 saturated carbocycles. The van der Waals surface area contributed by atoms with E-state index in [-0.39, 0.29) is 47.7 Å². The van der Waals surface area contributed by atoms with Crippen LogP contribution in [0.15, 0.2) is 35.6 Å². The molecule has 0 bridgehead atoms. The number of fused-ring (bicyclic) bond motifs is 1. The Morgan fingerprint density at radius 2 is 2.10 bits per heavy atom. The molecule has 0 radical (unpaired) electrons. The van der Waals surface area contributed by atoms with Gasteiger partial charge in [0.05, 0.1) is 17.5 Å². The van der Waals surface area contributed by atoms with Crippen molar-refractivity contribution in [3.05, 3.63) is 36.3 Å². The van der Waals surface area contributed by atoms with Gasteiger partial charge in [0.15, 0.2) is 9.84 Å². The summed E-state index contributed by atoms with van der Waals surface area (Å²) < 4.78 is 38.6. The molecule has 2 aliphatic rings. The number of hydrogen-bond acceptors (Lipinski definition) is 5. The molecule has 10 heteroatoms. The number of aromatic nitrogens is 1. The number of hydrazone groups is 1. The first kappa shape index (κ1) is 19.6. The van der Waals surface area contributed by atoms with E-state index in [9.17, 15) is 22.4 Å². The molecule has 1 atom stereocenters. The van der Waals surface area contributed by atoms with E-state index in [4.69, 9.17) is 0 Å². The molecule has 8 nitrogen and oxygen atoms in total. The second-order valence-corrected chi connectivity index (χ2v) is 9.54. The van der Waals surface area contributed by atoms with E-state index in [1.54, 1.807) is 6.07 Å². The highest BCUT2D eigenvalue weighted by Gasteiger charge is 2.37. The lowest BCUT2D eigenvalue weighted by Gasteiger charge is -2.27. The van der Waals surface area contributed by atoms with Crippen molar-refractivity contribution in [2.45, 2.75) is 31.8 Å². The van der Waals surface area contributed by atoms with Gasteiger partial charge < -0.3 is 9.88 Å². The van der Waals surface area contributed by atoms with Crippen LogP contribution in [0.3, 0.4) is 0 Å². The van der Waals surface area contributed by atoms with Gasteiger partial charge in [0, 0.05) is 43.0 Å². The van der Waals surface area contributed by atoms with E-state index >= 15 is 0 Å². The Labute approximate surface area is 167 Å². The largest absolute Gasteiger partial charge is 0.349 e. The first-order chi connectivity index (χ1) is 13.8. The smallest absolute Gasteiger partial charge is 0.267 e. The molecule has 2 aliphatic heterocycles. The summed E-state index contributed by atoms with van der Waals surface area (Å²) in [5.74, 6) is -1.00. The summed E-state index contributed by atoms with van der Waals surface area (Å²) in [7, 11) is -3.16. The van der Waals surface area contributed by atoms with Crippen LogP contribution in [0, 0.1) is 5.82 Å². The van der Waals surface area contributed by atoms with Crippen LogP contribution in [0.25, 0.3) is 10.9 Å². The van der Waals surface area contributed by atoms with Crippen LogP contribution >= 0.6 is 0 Å². The van der Waals surface area contributed by atoms with Gasteiger partial charge >= 0.3 is 0 Å². The van der Waals surface area contributed by atoms with Crippen LogP contribution in [-0.2, 0) is 26.0 Å². The van der Waals surface area contributed by atoms with Gasteiger partial charge in [-0.15, -0.1) is 0 Å². The highest BCUT2D eigenvalue weighted by atomic mass is 32.2. The summed E-state index contributed by atoms with van der Waals surface area (Å²) in [5.41, 5.74) is 1.10. The van der Waals surface area contributed by atoms with Crippen molar-refractivity contribution in [1.29, 1.82) is 0 Å². The predicted octanol–water partition coefficient (Wildman–Crippen LogP) is 1.06. The Bertz CT molecular complexity index is 1110. The van der Waals surface area contributed by atoms with Crippen molar-refractivity contribution in [3.63, 3.8) is 0 Å². The van der Waals surface area contributed by atoms with Crippen molar-refractivity contribution in [2.24, 2.45) is 5.10 Å². The maximum atomic E-state index is 13.3. The zero-order valence-corrected chi connectivity index (χ0v) is 16.5. The summed E-state index contributed by atoms with van der Waals surface area (Å²) in [6.07, 6.45) is 2.53. The number of nitrogens with zero attached hydrogens (tertiary/aromatic N) is 3. The zero-order valence-electron chi connectivity index (χ0n) is 15.7. The molecule has 2 aromatic rings. The second kappa shape index (κ2) is 7.58. The molecule has 4 rings (SSSR count). The Kier molecular flexibility index (Phi) is 5.12. The van der Waals surface area contributed by atoms with Crippen LogP contribution in [0.4, 0.5) is 4.39 Å². The van der Waals surface area contributed by atoms with Crippen molar-refractivity contribution in [1.82, 2.24) is 14.9 Å². The number of sulfone groups is 1. The van der Waals surface area contributed by atoms with Crippen LogP contribution in [0.1, 0.15) is 19.3 Å². The van der Waals surface area contributed by atoms with Crippen LogP contribution < -0.4 is 5.32 Å². The number of benzene rings is 1. The minimum Gasteiger partial charge on any atom is -0.349 e. The topological polar surface area (TPSA) is 101 Å². The Hall–Kier alpha value is -2.75. The van der Waals surface area contributed by atoms with Gasteiger partial charge in [-0.1, -0.05) is 0 Å². The summed E-state index contributed by atoms with van der Waals surface area (Å²) >= 11 is 0. The molecule has 1 saturated heterocycles. The van der Waals surface area contributed by atoms with Gasteiger partial charge in [-0.25, -0.2) is 17.8 Å². The predicted molar refractivity (Wildman–Crippen MR) is 105 cm³/mol. The molecule has 2 amide bonds. The highest BCUT2D eigenvalue weighted by molar-refractivity contribution is 7.91. The lowest BCUT2D eigenvalue weighted by molar-refractivity contribution is -0.133. The molecule has 1 aromatic heterocycles. The normalized spacial score (nSPS) is 21.4. The van der Waals surface area contributed by atoms with E-state index < -0.39 is 15.9 Å². The fraction of sp³-hybridized carbons (Fsp3) is 0.421. The molecular weight excluding hydrogens is 399 g/mol. The molecule has 0 aliphatic carbocycles. The number of amides is 2. The van der Waals surface area contributed by atoms with E-state index in [1.807, 2.05) is 16.8 Å². The van der Waals surface area contributed by atoms with Gasteiger partial charge in [-0.2, -0.15) is 5.10 Å². The molecule has 154 valence electrons. The average molecular weight is 420 g/mol. The number of carbonyl (C=O) groups excluding carboxylic acids is 2. The minimum absolute atomic E-state index is 0.0349. The third kappa shape index (κ3) is 4.16. The molecule has 1 N–H and O–H groups in total. The number of hydrogen-bond donors (Lipinski definition) is 1. The number of halogens is 1. The van der Waals surface area contributed by atoms with Gasteiger partial charge in [0.1, 0.15) is 11.5 Å². The van der Waals surface area contributed by atoms with Crippen LogP contribution in [0.2, 0.25) is 0 Å². The number of nitrogens with one attached hydrogen (secondary N) is 1. The number of rotatable bonds is 5. The SMILES string of the molecule is O=C(NCCn1ccc2cc(F)ccc21)C1=NN([C@H]2CCS(=O)(=O)C2)C(=O)CC1. The van der Waals surface area contributed by atoms with Crippen molar-refractivity contribution < 1.29 is 22.4 Å². The lowest BCUT2D eigenvalue weighted by Crippen LogP contribution is -2.44. The number of carbonyl (C=O) groups is 2. The van der Waals surface area contributed by atoms with E-state index in [2.05, 4.69) is 10.4 Å². The summed E-state index contributed by atoms with van der Waals surface area (Å²) in [6, 6.07) is 5.85. The van der Waals surface area contributed by atoms with Gasteiger partial charge in [-0.3, -0.25) is 9.59 Å². The molecule has 1 aromatic carbocycles. The quantitative estimate of drug-likeness (QED) is 0.782. The fourth-order valence-corrected chi connectivity index (χ4v) is 5.44. The van der Waals surface area contributed by atoms with E-state index in [1.165, 1.54) is 17.1 Å². The van der Waals surface area contributed by atoms with Gasteiger partial charge in [-0.05, 0) is 30.7 Å². The fourth-order valence-electron chi connectivity index (χ4n) is 3.75. The molecule has 29 heavy (non-hydrogen) atoms. The summed E-state index contributed by atoms with van der Waals surface area (Å²) in [5, 5.41) is 8.91. The van der Waals surface area contributed by atoms with Crippen molar-refractivity contribution >= 4 is 38.3 Å². The molecular formula is C19H21FN4O4S. The summed E-state index contributed by atoms with van der Waals surface area (Å²) in [6.45, 7) is 0.836. The Morgan fingerprint density at radius 1 is 1.28 bits per heavy atom. The Balaban J connectivity index is 1.38. The maximum absolute atomic E-state index is 13.3. The molecule has 0 unspecified atom stereocenters. The van der Waals surface area contributed by atoms with Crippen LogP contribution in [0.5, 0.6) is 0 Å². The summed E-state index contributed by atoms with van der Waals surface area (Å²) in [4.78, 5) is 24.6. The standard InChI is InChI=1S/C19H21FN4O4S/c20-14-1-3-17-13(11-14)5-8-23(17)9-7-21-19(26)16-2-4-18(25)24(22-16)15-6-10-29(27,28)12-15/h1,3,5,8,11,15H,2,4,6-7,9-10,12H2,(H,21,26)/t15-/m0/s1. The third-order valence-corrected chi connectivity index (χ3v) is 7.00. The highest BCUT2D eigenvalue weighted by Crippen LogP contribution is 2.22. The Morgan fingerprint density at radius 3 is 2.86 bits per heavy atom. The van der Waals surface area contributed by atoms with E-state index in [0.717, 1.165) is 10.9 Å². The van der Waals surface area contributed by atoms with Crippen molar-refractivity contribution in [2.75, 3.05) is 18.1 Å². The van der Waals surface area contributed by atoms with E-state index in [0.29, 0.717) is 19.5 Å². The van der Waals surface area contributed by atoms with Crippen LogP contribution in [-0.4, -0.2) is 59.6 Å². The third-order valence-electron chi connectivity index (χ3n) is 5.25. The van der Waals surface area contributed by atoms with Gasteiger partial charge in [0.25, 0.3) is 5.91 Å². The minimum atomic E-state index is -3.16. The van der Waals surface area contributed by atoms with Crippen molar-refractivity contribution in [3.8, 4) is 0 Å². The molecule has 3 heterocycles. The monoisotopic (exact) mass is 420 g/mol. The molecule has 1 fully saturated rings. The first-order valence-corrected chi connectivity index (χ1v) is 11.3. The second-order valence-electron chi connectivity index (χ2n) is 7.31. The maximum Gasteiger partial charge on any atom is 0.267 e.